The van der Waals surface area contributed by atoms with E-state index in [2.05, 4.69) is 5.32 Å². The summed E-state index contributed by atoms with van der Waals surface area (Å²) in [4.78, 5) is 13.9. The summed E-state index contributed by atoms with van der Waals surface area (Å²) in [5.74, 6) is -0.433. The van der Waals surface area contributed by atoms with E-state index in [1.807, 2.05) is 6.07 Å². The van der Waals surface area contributed by atoms with Crippen molar-refractivity contribution >= 4 is 46.5 Å². The van der Waals surface area contributed by atoms with Gasteiger partial charge in [0.2, 0.25) is 3.79 Å². The third-order valence-corrected chi connectivity index (χ3v) is 4.23. The Labute approximate surface area is 155 Å². The highest BCUT2D eigenvalue weighted by Gasteiger charge is 2.36. The average Bonchev–Trinajstić information content (AvgIpc) is 2.54. The standard InChI is InChI=1S/C17H16Cl3FN2O/c1-11-8-9-12(10-14(11)21)15(17(18,19)20)22-16(24)23(2)13-6-4-3-5-7-13/h3-10,15H,1-2H3,(H,22,24)/t15-/m1/s1. The molecule has 2 aromatic rings. The summed E-state index contributed by atoms with van der Waals surface area (Å²) in [6.45, 7) is 1.63. The topological polar surface area (TPSA) is 32.3 Å². The van der Waals surface area contributed by atoms with E-state index in [1.165, 1.54) is 11.0 Å². The van der Waals surface area contributed by atoms with Crippen LogP contribution in [0.4, 0.5) is 14.9 Å². The fourth-order valence-electron chi connectivity index (χ4n) is 2.13. The average molecular weight is 390 g/mol. The Morgan fingerprint density at radius 2 is 1.79 bits per heavy atom. The fraction of sp³-hybridized carbons (Fsp3) is 0.235. The number of carbonyl (C=O) groups excluding carboxylic acids is 1. The van der Waals surface area contributed by atoms with Crippen LogP contribution in [0.15, 0.2) is 48.5 Å². The number of amides is 2. The Morgan fingerprint density at radius 3 is 2.33 bits per heavy atom. The summed E-state index contributed by atoms with van der Waals surface area (Å²) in [6.07, 6.45) is 0. The molecular weight excluding hydrogens is 374 g/mol. The molecule has 1 atom stereocenters. The number of carbonyl (C=O) groups is 1. The maximum Gasteiger partial charge on any atom is 0.322 e. The smallest absolute Gasteiger partial charge is 0.322 e. The van der Waals surface area contributed by atoms with Crippen LogP contribution in [0, 0.1) is 12.7 Å². The number of nitrogens with zero attached hydrogens (tertiary/aromatic N) is 1. The normalized spacial score (nSPS) is 12.6. The van der Waals surface area contributed by atoms with E-state index >= 15 is 0 Å². The quantitative estimate of drug-likeness (QED) is 0.701. The molecule has 0 aromatic heterocycles. The molecule has 0 aliphatic heterocycles. The summed E-state index contributed by atoms with van der Waals surface area (Å²) in [5, 5.41) is 2.64. The Hall–Kier alpha value is -1.49. The van der Waals surface area contributed by atoms with Crippen LogP contribution in [0.2, 0.25) is 0 Å². The van der Waals surface area contributed by atoms with E-state index in [0.29, 0.717) is 16.8 Å². The molecule has 3 nitrogen and oxygen atoms in total. The van der Waals surface area contributed by atoms with Gasteiger partial charge in [0.05, 0.1) is 0 Å². The van der Waals surface area contributed by atoms with Crippen LogP contribution in [0.25, 0.3) is 0 Å². The van der Waals surface area contributed by atoms with Crippen molar-refractivity contribution in [2.45, 2.75) is 16.8 Å². The third kappa shape index (κ3) is 4.53. The Kier molecular flexibility index (Phi) is 5.97. The van der Waals surface area contributed by atoms with Crippen LogP contribution in [0.1, 0.15) is 17.2 Å². The zero-order valence-electron chi connectivity index (χ0n) is 13.1. The van der Waals surface area contributed by atoms with Crippen molar-refractivity contribution in [1.29, 1.82) is 0 Å². The predicted octanol–water partition coefficient (Wildman–Crippen LogP) is 5.39. The van der Waals surface area contributed by atoms with Gasteiger partial charge < -0.3 is 5.32 Å². The maximum atomic E-state index is 13.8. The lowest BCUT2D eigenvalue weighted by atomic mass is 10.1. The van der Waals surface area contributed by atoms with Crippen LogP contribution >= 0.6 is 34.8 Å². The number of urea groups is 1. The molecule has 2 amide bonds. The summed E-state index contributed by atoms with van der Waals surface area (Å²) in [7, 11) is 1.59. The zero-order valence-corrected chi connectivity index (χ0v) is 15.3. The number of hydrogen-bond donors (Lipinski definition) is 1. The van der Waals surface area contributed by atoms with E-state index < -0.39 is 21.7 Å². The molecule has 2 aromatic carbocycles. The number of para-hydroxylation sites is 1. The van der Waals surface area contributed by atoms with Gasteiger partial charge in [-0.1, -0.05) is 65.1 Å². The second-order valence-electron chi connectivity index (χ2n) is 5.33. The van der Waals surface area contributed by atoms with Gasteiger partial charge in [0.25, 0.3) is 0 Å². The first-order valence-corrected chi connectivity index (χ1v) is 8.25. The second kappa shape index (κ2) is 7.60. The molecule has 0 aliphatic rings. The Bertz CT molecular complexity index is 720. The highest BCUT2D eigenvalue weighted by Crippen LogP contribution is 2.40. The van der Waals surface area contributed by atoms with E-state index in [0.717, 1.165) is 0 Å². The van der Waals surface area contributed by atoms with Gasteiger partial charge in [-0.05, 0) is 36.2 Å². The van der Waals surface area contributed by atoms with E-state index in [9.17, 15) is 9.18 Å². The molecule has 0 bridgehead atoms. The SMILES string of the molecule is Cc1ccc([C@@H](NC(=O)N(C)c2ccccc2)C(Cl)(Cl)Cl)cc1F. The van der Waals surface area contributed by atoms with Gasteiger partial charge >= 0.3 is 6.03 Å². The van der Waals surface area contributed by atoms with E-state index in [-0.39, 0.29) is 0 Å². The van der Waals surface area contributed by atoms with Crippen molar-refractivity contribution in [2.75, 3.05) is 11.9 Å². The molecule has 7 heteroatoms. The number of rotatable bonds is 3. The number of anilines is 1. The minimum Gasteiger partial charge on any atom is -0.327 e. The van der Waals surface area contributed by atoms with Gasteiger partial charge in [0.15, 0.2) is 0 Å². The van der Waals surface area contributed by atoms with E-state index in [4.69, 9.17) is 34.8 Å². The Balaban J connectivity index is 2.26. The number of benzene rings is 2. The monoisotopic (exact) mass is 388 g/mol. The van der Waals surface area contributed by atoms with Crippen LogP contribution < -0.4 is 10.2 Å². The second-order valence-corrected chi connectivity index (χ2v) is 7.70. The number of aryl methyl sites for hydroxylation is 1. The van der Waals surface area contributed by atoms with E-state index in [1.54, 1.807) is 50.4 Å². The van der Waals surface area contributed by atoms with Crippen molar-refractivity contribution in [2.24, 2.45) is 0 Å². The lowest BCUT2D eigenvalue weighted by Gasteiger charge is -2.28. The summed E-state index contributed by atoms with van der Waals surface area (Å²) >= 11 is 18.0. The van der Waals surface area contributed by atoms with Crippen molar-refractivity contribution < 1.29 is 9.18 Å². The molecular formula is C17H16Cl3FN2O. The molecule has 128 valence electrons. The first-order chi connectivity index (χ1) is 11.2. The van der Waals surface area contributed by atoms with Gasteiger partial charge in [-0.15, -0.1) is 0 Å². The fourth-order valence-corrected chi connectivity index (χ4v) is 2.67. The summed E-state index contributed by atoms with van der Waals surface area (Å²) in [5.41, 5.74) is 1.51. The van der Waals surface area contributed by atoms with Crippen molar-refractivity contribution in [3.05, 3.63) is 65.5 Å². The molecule has 0 saturated heterocycles. The lowest BCUT2D eigenvalue weighted by molar-refractivity contribution is 0.244. The van der Waals surface area contributed by atoms with Crippen LogP contribution in [-0.4, -0.2) is 16.9 Å². The molecule has 0 saturated carbocycles. The third-order valence-electron chi connectivity index (χ3n) is 3.57. The minimum absolute atomic E-state index is 0.368. The van der Waals surface area contributed by atoms with Gasteiger partial charge in [0, 0.05) is 12.7 Å². The maximum absolute atomic E-state index is 13.8. The Morgan fingerprint density at radius 1 is 1.17 bits per heavy atom. The van der Waals surface area contributed by atoms with Crippen molar-refractivity contribution in [3.8, 4) is 0 Å². The van der Waals surface area contributed by atoms with Crippen LogP contribution in [0.5, 0.6) is 0 Å². The zero-order chi connectivity index (χ0) is 17.9. The number of nitrogens with one attached hydrogen (secondary N) is 1. The molecule has 0 unspecified atom stereocenters. The number of alkyl halides is 3. The van der Waals surface area contributed by atoms with Gasteiger partial charge in [0.1, 0.15) is 11.9 Å². The predicted molar refractivity (Wildman–Crippen MR) is 97.5 cm³/mol. The molecule has 24 heavy (non-hydrogen) atoms. The molecule has 2 rings (SSSR count). The first-order valence-electron chi connectivity index (χ1n) is 7.12. The molecule has 0 spiro atoms. The van der Waals surface area contributed by atoms with Gasteiger partial charge in [-0.2, -0.15) is 0 Å². The molecule has 0 heterocycles. The van der Waals surface area contributed by atoms with Crippen molar-refractivity contribution in [3.63, 3.8) is 0 Å². The highest BCUT2D eigenvalue weighted by atomic mass is 35.6. The van der Waals surface area contributed by atoms with Gasteiger partial charge in [-0.3, -0.25) is 4.90 Å². The minimum atomic E-state index is -1.84. The van der Waals surface area contributed by atoms with Gasteiger partial charge in [-0.25, -0.2) is 9.18 Å². The molecule has 1 N–H and O–H groups in total. The molecule has 0 radical (unpaired) electrons. The van der Waals surface area contributed by atoms with Crippen LogP contribution in [0.3, 0.4) is 0 Å². The highest BCUT2D eigenvalue weighted by molar-refractivity contribution is 6.68. The largest absolute Gasteiger partial charge is 0.327 e. The lowest BCUT2D eigenvalue weighted by Crippen LogP contribution is -2.43. The van der Waals surface area contributed by atoms with Crippen LogP contribution in [-0.2, 0) is 0 Å². The number of hydrogen-bond acceptors (Lipinski definition) is 1. The molecule has 0 fully saturated rings. The molecule has 0 aliphatic carbocycles. The summed E-state index contributed by atoms with van der Waals surface area (Å²) in [6, 6.07) is 12.0. The first kappa shape index (κ1) is 18.8. The number of halogens is 4. The summed E-state index contributed by atoms with van der Waals surface area (Å²) < 4.78 is 12.0. The van der Waals surface area contributed by atoms with Crippen molar-refractivity contribution in [1.82, 2.24) is 5.32 Å².